The van der Waals surface area contributed by atoms with Gasteiger partial charge in [0, 0.05) is 19.6 Å². The molecule has 17 heavy (non-hydrogen) atoms. The average Bonchev–Trinajstić information content (AvgIpc) is 2.37. The summed E-state index contributed by atoms with van der Waals surface area (Å²) >= 11 is 0. The van der Waals surface area contributed by atoms with Crippen molar-refractivity contribution in [2.24, 2.45) is 5.73 Å². The Kier molecular flexibility index (Phi) is 4.12. The van der Waals surface area contributed by atoms with E-state index in [9.17, 15) is 4.39 Å². The van der Waals surface area contributed by atoms with Crippen LogP contribution in [0.2, 0.25) is 0 Å². The zero-order valence-electron chi connectivity index (χ0n) is 9.73. The van der Waals surface area contributed by atoms with Gasteiger partial charge in [-0.3, -0.25) is 0 Å². The minimum Gasteiger partial charge on any atom is -0.378 e. The van der Waals surface area contributed by atoms with E-state index in [1.807, 2.05) is 29.2 Å². The summed E-state index contributed by atoms with van der Waals surface area (Å²) in [4.78, 5) is 2.01. The standard InChI is InChI=1S/C13H17FN2O/c14-12-10-11(2-1-5-15)3-4-13(12)16-6-8-17-9-7-16/h1-4,10H,5-9,15H2/b2-1+. The quantitative estimate of drug-likeness (QED) is 0.867. The summed E-state index contributed by atoms with van der Waals surface area (Å²) in [5.41, 5.74) is 6.85. The number of hydrogen-bond acceptors (Lipinski definition) is 3. The second-order valence-electron chi connectivity index (χ2n) is 3.95. The van der Waals surface area contributed by atoms with E-state index in [1.165, 1.54) is 6.07 Å². The predicted octanol–water partition coefficient (Wildman–Crippen LogP) is 1.63. The highest BCUT2D eigenvalue weighted by Crippen LogP contribution is 2.22. The largest absolute Gasteiger partial charge is 0.378 e. The number of rotatable bonds is 3. The molecule has 1 aromatic carbocycles. The van der Waals surface area contributed by atoms with Crippen LogP contribution in [0.4, 0.5) is 10.1 Å². The van der Waals surface area contributed by atoms with E-state index in [-0.39, 0.29) is 5.82 Å². The van der Waals surface area contributed by atoms with Gasteiger partial charge in [0.15, 0.2) is 0 Å². The van der Waals surface area contributed by atoms with Gasteiger partial charge in [0.25, 0.3) is 0 Å². The van der Waals surface area contributed by atoms with Gasteiger partial charge in [0.05, 0.1) is 18.9 Å². The molecule has 0 spiro atoms. The first kappa shape index (κ1) is 12.1. The van der Waals surface area contributed by atoms with E-state index in [0.717, 1.165) is 18.7 Å². The minimum absolute atomic E-state index is 0.189. The monoisotopic (exact) mass is 236 g/mol. The first-order chi connectivity index (χ1) is 8.31. The Morgan fingerprint density at radius 2 is 2.12 bits per heavy atom. The summed E-state index contributed by atoms with van der Waals surface area (Å²) in [6.07, 6.45) is 3.63. The number of nitrogens with zero attached hydrogens (tertiary/aromatic N) is 1. The second kappa shape index (κ2) is 5.80. The second-order valence-corrected chi connectivity index (χ2v) is 3.95. The van der Waals surface area contributed by atoms with E-state index in [2.05, 4.69) is 0 Å². The Morgan fingerprint density at radius 1 is 1.35 bits per heavy atom. The zero-order valence-corrected chi connectivity index (χ0v) is 9.73. The fourth-order valence-electron chi connectivity index (χ4n) is 1.89. The number of morpholine rings is 1. The van der Waals surface area contributed by atoms with Crippen LogP contribution >= 0.6 is 0 Å². The first-order valence-corrected chi connectivity index (χ1v) is 5.80. The summed E-state index contributed by atoms with van der Waals surface area (Å²) in [5.74, 6) is -0.189. The van der Waals surface area contributed by atoms with Crippen molar-refractivity contribution in [2.75, 3.05) is 37.7 Å². The fourth-order valence-corrected chi connectivity index (χ4v) is 1.89. The first-order valence-electron chi connectivity index (χ1n) is 5.80. The van der Waals surface area contributed by atoms with Crippen LogP contribution in [0.1, 0.15) is 5.56 Å². The molecule has 0 saturated carbocycles. The lowest BCUT2D eigenvalue weighted by Gasteiger charge is -2.29. The van der Waals surface area contributed by atoms with Crippen LogP contribution in [0, 0.1) is 5.82 Å². The van der Waals surface area contributed by atoms with Crippen molar-refractivity contribution in [3.8, 4) is 0 Å². The van der Waals surface area contributed by atoms with Gasteiger partial charge in [-0.2, -0.15) is 0 Å². The van der Waals surface area contributed by atoms with Crippen molar-refractivity contribution in [2.45, 2.75) is 0 Å². The van der Waals surface area contributed by atoms with Gasteiger partial charge >= 0.3 is 0 Å². The van der Waals surface area contributed by atoms with Crippen LogP contribution < -0.4 is 10.6 Å². The molecule has 1 aromatic rings. The molecule has 0 unspecified atom stereocenters. The molecule has 0 bridgehead atoms. The maximum absolute atomic E-state index is 13.9. The maximum atomic E-state index is 13.9. The maximum Gasteiger partial charge on any atom is 0.147 e. The lowest BCUT2D eigenvalue weighted by atomic mass is 10.1. The molecule has 3 nitrogen and oxygen atoms in total. The van der Waals surface area contributed by atoms with E-state index in [1.54, 1.807) is 0 Å². The molecule has 1 fully saturated rings. The minimum atomic E-state index is -0.189. The molecule has 0 radical (unpaired) electrons. The third-order valence-electron chi connectivity index (χ3n) is 2.77. The molecule has 1 aliphatic rings. The van der Waals surface area contributed by atoms with E-state index in [0.29, 0.717) is 25.4 Å². The normalized spacial score (nSPS) is 16.7. The Hall–Kier alpha value is -1.39. The van der Waals surface area contributed by atoms with Gasteiger partial charge < -0.3 is 15.4 Å². The van der Waals surface area contributed by atoms with Crippen LogP contribution in [0.5, 0.6) is 0 Å². The van der Waals surface area contributed by atoms with Crippen LogP contribution in [-0.4, -0.2) is 32.8 Å². The Morgan fingerprint density at radius 3 is 2.76 bits per heavy atom. The molecule has 0 atom stereocenters. The zero-order chi connectivity index (χ0) is 12.1. The lowest BCUT2D eigenvalue weighted by Crippen LogP contribution is -2.36. The number of nitrogens with two attached hydrogens (primary N) is 1. The van der Waals surface area contributed by atoms with E-state index >= 15 is 0 Å². The number of halogens is 1. The molecular weight excluding hydrogens is 219 g/mol. The Labute approximate surface area is 101 Å². The van der Waals surface area contributed by atoms with Gasteiger partial charge in [-0.25, -0.2) is 4.39 Å². The van der Waals surface area contributed by atoms with Gasteiger partial charge in [-0.05, 0) is 17.7 Å². The summed E-state index contributed by atoms with van der Waals surface area (Å²) < 4.78 is 19.2. The summed E-state index contributed by atoms with van der Waals surface area (Å²) in [6.45, 7) is 3.28. The van der Waals surface area contributed by atoms with Crippen molar-refractivity contribution in [3.63, 3.8) is 0 Å². The van der Waals surface area contributed by atoms with Gasteiger partial charge in [0.1, 0.15) is 5.82 Å². The molecule has 0 aromatic heterocycles. The molecule has 0 amide bonds. The average molecular weight is 236 g/mol. The molecule has 0 aliphatic carbocycles. The van der Waals surface area contributed by atoms with Gasteiger partial charge in [-0.1, -0.05) is 18.2 Å². The predicted molar refractivity (Wildman–Crippen MR) is 67.5 cm³/mol. The van der Waals surface area contributed by atoms with Crippen LogP contribution in [0.25, 0.3) is 6.08 Å². The van der Waals surface area contributed by atoms with Crippen molar-refractivity contribution in [1.29, 1.82) is 0 Å². The fraction of sp³-hybridized carbons (Fsp3) is 0.385. The van der Waals surface area contributed by atoms with Crippen LogP contribution in [0.3, 0.4) is 0 Å². The van der Waals surface area contributed by atoms with Crippen molar-refractivity contribution >= 4 is 11.8 Å². The SMILES string of the molecule is NC/C=C/c1ccc(N2CCOCC2)c(F)c1. The number of hydrogen-bond donors (Lipinski definition) is 1. The van der Waals surface area contributed by atoms with E-state index in [4.69, 9.17) is 10.5 Å². The van der Waals surface area contributed by atoms with E-state index < -0.39 is 0 Å². The summed E-state index contributed by atoms with van der Waals surface area (Å²) in [5, 5.41) is 0. The topological polar surface area (TPSA) is 38.5 Å². The Bertz CT molecular complexity index is 400. The van der Waals surface area contributed by atoms with Gasteiger partial charge in [0.2, 0.25) is 0 Å². The Balaban J connectivity index is 2.15. The molecule has 2 rings (SSSR count). The van der Waals surface area contributed by atoms with Gasteiger partial charge in [-0.15, -0.1) is 0 Å². The molecule has 4 heteroatoms. The van der Waals surface area contributed by atoms with Crippen molar-refractivity contribution < 1.29 is 9.13 Å². The molecule has 2 N–H and O–H groups in total. The highest BCUT2D eigenvalue weighted by atomic mass is 19.1. The summed E-state index contributed by atoms with van der Waals surface area (Å²) in [6, 6.07) is 5.26. The third-order valence-corrected chi connectivity index (χ3v) is 2.77. The molecule has 1 saturated heterocycles. The van der Waals surface area contributed by atoms with Crippen molar-refractivity contribution in [3.05, 3.63) is 35.7 Å². The molecule has 1 heterocycles. The smallest absolute Gasteiger partial charge is 0.147 e. The number of benzene rings is 1. The highest BCUT2D eigenvalue weighted by molar-refractivity contribution is 5.57. The lowest BCUT2D eigenvalue weighted by molar-refractivity contribution is 0.122. The third kappa shape index (κ3) is 3.05. The van der Waals surface area contributed by atoms with Crippen LogP contribution in [0.15, 0.2) is 24.3 Å². The highest BCUT2D eigenvalue weighted by Gasteiger charge is 2.14. The molecular formula is C13H17FN2O. The van der Waals surface area contributed by atoms with Crippen LogP contribution in [-0.2, 0) is 4.74 Å². The number of anilines is 1. The molecule has 92 valence electrons. The van der Waals surface area contributed by atoms with Crippen molar-refractivity contribution in [1.82, 2.24) is 0 Å². The molecule has 1 aliphatic heterocycles. The summed E-state index contributed by atoms with van der Waals surface area (Å²) in [7, 11) is 0. The number of ether oxygens (including phenoxy) is 1.